The summed E-state index contributed by atoms with van der Waals surface area (Å²) in [7, 11) is 0. The number of carbonyl (C=O) groups is 1. The van der Waals surface area contributed by atoms with Crippen LogP contribution in [-0.4, -0.2) is 24.0 Å². The van der Waals surface area contributed by atoms with Gasteiger partial charge in [0.1, 0.15) is 0 Å². The minimum Gasteiger partial charge on any atom is -0.349 e. The number of halogens is 1. The lowest BCUT2D eigenvalue weighted by Crippen LogP contribution is -2.47. The van der Waals surface area contributed by atoms with Crippen molar-refractivity contribution >= 4 is 18.3 Å². The zero-order valence-corrected chi connectivity index (χ0v) is 9.74. The third kappa shape index (κ3) is 2.13. The van der Waals surface area contributed by atoms with Gasteiger partial charge in [-0.1, -0.05) is 0 Å². The Bertz CT molecular complexity index is 255. The van der Waals surface area contributed by atoms with E-state index in [1.807, 2.05) is 0 Å². The summed E-state index contributed by atoms with van der Waals surface area (Å²) in [5, 5.41) is 6.52. The summed E-state index contributed by atoms with van der Waals surface area (Å²) in [5.41, 5.74) is 0.251. The predicted molar refractivity (Wildman–Crippen MR) is 61.1 cm³/mol. The molecule has 3 aliphatic rings. The average Bonchev–Trinajstić information content (AvgIpc) is 3.07. The molecule has 2 aliphatic carbocycles. The number of carbonyl (C=O) groups excluding carboxylic acids is 1. The normalized spacial score (nSPS) is 31.9. The van der Waals surface area contributed by atoms with E-state index in [0.717, 1.165) is 25.3 Å². The van der Waals surface area contributed by atoms with Gasteiger partial charge in [-0.15, -0.1) is 12.4 Å². The lowest BCUT2D eigenvalue weighted by atomic mass is 10.1. The molecule has 2 N–H and O–H groups in total. The average molecular weight is 231 g/mol. The van der Waals surface area contributed by atoms with E-state index >= 15 is 0 Å². The van der Waals surface area contributed by atoms with Gasteiger partial charge in [0, 0.05) is 5.54 Å². The summed E-state index contributed by atoms with van der Waals surface area (Å²) in [6.07, 6.45) is 7.27. The first kappa shape index (κ1) is 11.2. The zero-order valence-electron chi connectivity index (χ0n) is 8.92. The van der Waals surface area contributed by atoms with E-state index in [4.69, 9.17) is 0 Å². The molecule has 1 aliphatic heterocycles. The lowest BCUT2D eigenvalue weighted by molar-refractivity contribution is -0.123. The van der Waals surface area contributed by atoms with Gasteiger partial charge in [0.15, 0.2) is 0 Å². The van der Waals surface area contributed by atoms with Gasteiger partial charge in [0.25, 0.3) is 0 Å². The molecule has 0 aromatic rings. The first-order chi connectivity index (χ1) is 6.80. The van der Waals surface area contributed by atoms with Crippen molar-refractivity contribution in [1.82, 2.24) is 10.6 Å². The first-order valence-electron chi connectivity index (χ1n) is 5.86. The van der Waals surface area contributed by atoms with E-state index in [1.165, 1.54) is 25.7 Å². The highest BCUT2D eigenvalue weighted by Gasteiger charge is 2.55. The van der Waals surface area contributed by atoms with Gasteiger partial charge >= 0.3 is 0 Å². The highest BCUT2D eigenvalue weighted by atomic mass is 35.5. The molecule has 0 aromatic heterocycles. The molecule has 1 atom stereocenters. The molecule has 0 bridgehead atoms. The van der Waals surface area contributed by atoms with Gasteiger partial charge in [-0.25, -0.2) is 0 Å². The van der Waals surface area contributed by atoms with Crippen LogP contribution in [0.3, 0.4) is 0 Å². The Morgan fingerprint density at radius 1 is 1.27 bits per heavy atom. The summed E-state index contributed by atoms with van der Waals surface area (Å²) in [4.78, 5) is 11.9. The summed E-state index contributed by atoms with van der Waals surface area (Å²) in [6.45, 7) is 1.01. The number of amides is 1. The van der Waals surface area contributed by atoms with E-state index in [9.17, 15) is 4.79 Å². The molecule has 4 heteroatoms. The molecule has 0 spiro atoms. The third-order valence-corrected chi connectivity index (χ3v) is 3.90. The highest BCUT2D eigenvalue weighted by molar-refractivity contribution is 5.85. The minimum atomic E-state index is 0. The quantitative estimate of drug-likeness (QED) is 0.766. The molecule has 1 amide bonds. The monoisotopic (exact) mass is 230 g/mol. The van der Waals surface area contributed by atoms with Crippen molar-refractivity contribution in [1.29, 1.82) is 0 Å². The fourth-order valence-corrected chi connectivity index (χ4v) is 2.65. The van der Waals surface area contributed by atoms with Crippen LogP contribution in [0, 0.1) is 5.92 Å². The summed E-state index contributed by atoms with van der Waals surface area (Å²) in [6, 6.07) is 0.103. The predicted octanol–water partition coefficient (Wildman–Crippen LogP) is 1.22. The SMILES string of the molecule is Cl.O=C(NC1(C2CC2)CC1)[C@@H]1CCCN1. The minimum absolute atomic E-state index is 0. The summed E-state index contributed by atoms with van der Waals surface area (Å²) >= 11 is 0. The largest absolute Gasteiger partial charge is 0.349 e. The van der Waals surface area contributed by atoms with Crippen molar-refractivity contribution < 1.29 is 4.79 Å². The summed E-state index contributed by atoms with van der Waals surface area (Å²) < 4.78 is 0. The first-order valence-corrected chi connectivity index (χ1v) is 5.86. The van der Waals surface area contributed by atoms with Gasteiger partial charge in [-0.2, -0.15) is 0 Å². The van der Waals surface area contributed by atoms with Crippen molar-refractivity contribution in [3.63, 3.8) is 0 Å². The number of nitrogens with one attached hydrogen (secondary N) is 2. The van der Waals surface area contributed by atoms with Crippen molar-refractivity contribution in [3.8, 4) is 0 Å². The second kappa shape index (κ2) is 3.95. The molecule has 3 fully saturated rings. The van der Waals surface area contributed by atoms with Gasteiger partial charge in [-0.3, -0.25) is 4.79 Å². The number of hydrogen-bond acceptors (Lipinski definition) is 2. The Balaban J connectivity index is 0.000000853. The smallest absolute Gasteiger partial charge is 0.237 e. The fraction of sp³-hybridized carbons (Fsp3) is 0.909. The molecule has 3 nitrogen and oxygen atoms in total. The Morgan fingerprint density at radius 3 is 2.47 bits per heavy atom. The molecule has 0 unspecified atom stereocenters. The van der Waals surface area contributed by atoms with E-state index in [0.29, 0.717) is 0 Å². The van der Waals surface area contributed by atoms with Crippen molar-refractivity contribution in [2.75, 3.05) is 6.54 Å². The maximum atomic E-state index is 11.9. The van der Waals surface area contributed by atoms with E-state index in [-0.39, 0.29) is 29.9 Å². The summed E-state index contributed by atoms with van der Waals surface area (Å²) in [5.74, 6) is 1.07. The van der Waals surface area contributed by atoms with Crippen LogP contribution >= 0.6 is 12.4 Å². The van der Waals surface area contributed by atoms with Gasteiger partial charge < -0.3 is 10.6 Å². The molecule has 15 heavy (non-hydrogen) atoms. The van der Waals surface area contributed by atoms with Crippen LogP contribution in [0.25, 0.3) is 0 Å². The molecule has 2 saturated carbocycles. The topological polar surface area (TPSA) is 41.1 Å². The molecular weight excluding hydrogens is 212 g/mol. The Labute approximate surface area is 96.8 Å². The van der Waals surface area contributed by atoms with Gasteiger partial charge in [0.05, 0.1) is 6.04 Å². The molecule has 1 heterocycles. The molecule has 3 rings (SSSR count). The van der Waals surface area contributed by atoms with Crippen LogP contribution < -0.4 is 10.6 Å². The van der Waals surface area contributed by atoms with E-state index in [2.05, 4.69) is 10.6 Å². The second-order valence-corrected chi connectivity index (χ2v) is 5.07. The fourth-order valence-electron chi connectivity index (χ4n) is 2.65. The Morgan fingerprint density at radius 2 is 2.00 bits per heavy atom. The highest BCUT2D eigenvalue weighted by Crippen LogP contribution is 2.53. The van der Waals surface area contributed by atoms with Crippen LogP contribution in [0.15, 0.2) is 0 Å². The zero-order chi connectivity index (χ0) is 9.60. The second-order valence-electron chi connectivity index (χ2n) is 5.07. The van der Waals surface area contributed by atoms with Crippen LogP contribution in [0.1, 0.15) is 38.5 Å². The molecular formula is C11H19ClN2O. The van der Waals surface area contributed by atoms with Gasteiger partial charge in [-0.05, 0) is 51.0 Å². The number of hydrogen-bond donors (Lipinski definition) is 2. The molecule has 1 saturated heterocycles. The van der Waals surface area contributed by atoms with Crippen LogP contribution in [-0.2, 0) is 4.79 Å². The van der Waals surface area contributed by atoms with Crippen LogP contribution in [0.4, 0.5) is 0 Å². The lowest BCUT2D eigenvalue weighted by Gasteiger charge is -2.19. The Hall–Kier alpha value is -0.280. The maximum Gasteiger partial charge on any atom is 0.237 e. The van der Waals surface area contributed by atoms with E-state index < -0.39 is 0 Å². The van der Waals surface area contributed by atoms with Crippen LogP contribution in [0.2, 0.25) is 0 Å². The Kier molecular flexibility index (Phi) is 2.95. The molecule has 0 radical (unpaired) electrons. The maximum absolute atomic E-state index is 11.9. The molecule has 86 valence electrons. The van der Waals surface area contributed by atoms with Crippen molar-refractivity contribution in [2.45, 2.75) is 50.1 Å². The van der Waals surface area contributed by atoms with E-state index in [1.54, 1.807) is 0 Å². The standard InChI is InChI=1S/C11H18N2O.ClH/c14-10(9-2-1-7-12-9)13-11(5-6-11)8-3-4-8;/h8-9,12H,1-7H2,(H,13,14);1H/t9-;/m0./s1. The van der Waals surface area contributed by atoms with Crippen molar-refractivity contribution in [2.24, 2.45) is 5.92 Å². The van der Waals surface area contributed by atoms with Gasteiger partial charge in [0.2, 0.25) is 5.91 Å². The number of rotatable bonds is 3. The van der Waals surface area contributed by atoms with Crippen molar-refractivity contribution in [3.05, 3.63) is 0 Å². The molecule has 0 aromatic carbocycles. The van der Waals surface area contributed by atoms with Crippen LogP contribution in [0.5, 0.6) is 0 Å². The third-order valence-electron chi connectivity index (χ3n) is 3.90.